The third-order valence-corrected chi connectivity index (χ3v) is 2.34. The summed E-state index contributed by atoms with van der Waals surface area (Å²) in [5.41, 5.74) is 7.11. The summed E-state index contributed by atoms with van der Waals surface area (Å²) in [6, 6.07) is 0. The van der Waals surface area contributed by atoms with Crippen molar-refractivity contribution in [3.63, 3.8) is 0 Å². The van der Waals surface area contributed by atoms with Gasteiger partial charge < -0.3 is 10.8 Å². The molecule has 1 aliphatic rings. The van der Waals surface area contributed by atoms with Crippen LogP contribution in [-0.2, 0) is 4.79 Å². The molecule has 0 aromatic heterocycles. The van der Waals surface area contributed by atoms with Crippen molar-refractivity contribution in [3.05, 3.63) is 23.4 Å². The zero-order valence-corrected chi connectivity index (χ0v) is 8.49. The normalized spacial score (nSPS) is 21.4. The number of carbonyl (C=O) groups is 1. The second-order valence-corrected chi connectivity index (χ2v) is 3.73. The van der Waals surface area contributed by atoms with Gasteiger partial charge in [-0.15, -0.1) is 0 Å². The number of rotatable bonds is 4. The summed E-state index contributed by atoms with van der Waals surface area (Å²) in [6.07, 6.45) is 5.46. The van der Waals surface area contributed by atoms with E-state index in [-0.39, 0.29) is 12.4 Å². The molecule has 0 aromatic carbocycles. The van der Waals surface area contributed by atoms with E-state index in [0.717, 1.165) is 6.42 Å². The molecule has 0 amide bonds. The highest BCUT2D eigenvalue weighted by Crippen LogP contribution is 2.21. The van der Waals surface area contributed by atoms with Gasteiger partial charge in [0.1, 0.15) is 0 Å². The summed E-state index contributed by atoms with van der Waals surface area (Å²) in [6.45, 7) is 2.12. The van der Waals surface area contributed by atoms with Crippen LogP contribution in [-0.4, -0.2) is 17.5 Å². The zero-order chi connectivity index (χ0) is 10.6. The smallest absolute Gasteiger partial charge is 0.164 e. The van der Waals surface area contributed by atoms with Gasteiger partial charge in [0.25, 0.3) is 0 Å². The number of allylic oxidation sites excluding steroid dienone is 4. The Morgan fingerprint density at radius 2 is 2.43 bits per heavy atom. The van der Waals surface area contributed by atoms with Gasteiger partial charge in [-0.05, 0) is 18.8 Å². The Balaban J connectivity index is 2.63. The molecule has 1 aliphatic carbocycles. The van der Waals surface area contributed by atoms with E-state index in [4.69, 9.17) is 10.8 Å². The Morgan fingerprint density at radius 3 is 3.00 bits per heavy atom. The van der Waals surface area contributed by atoms with E-state index in [2.05, 4.69) is 6.92 Å². The molecule has 1 rings (SSSR count). The molecule has 0 bridgehead atoms. The van der Waals surface area contributed by atoms with Crippen molar-refractivity contribution in [1.29, 1.82) is 0 Å². The minimum atomic E-state index is 0.0414. The minimum Gasteiger partial charge on any atom is -0.401 e. The van der Waals surface area contributed by atoms with Crippen LogP contribution in [0.3, 0.4) is 0 Å². The van der Waals surface area contributed by atoms with Crippen molar-refractivity contribution in [2.24, 2.45) is 11.7 Å². The van der Waals surface area contributed by atoms with Gasteiger partial charge in [0, 0.05) is 24.3 Å². The predicted molar refractivity (Wildman–Crippen MR) is 55.5 cm³/mol. The molecule has 3 N–H and O–H groups in total. The number of aliphatic hydroxyl groups is 1. The van der Waals surface area contributed by atoms with E-state index >= 15 is 0 Å². The number of Topliss-reactive ketones (excluding diaryl/α,β-unsaturated/α-hetero) is 1. The second kappa shape index (κ2) is 4.96. The van der Waals surface area contributed by atoms with Crippen molar-refractivity contribution in [2.45, 2.75) is 26.2 Å². The molecule has 0 saturated heterocycles. The van der Waals surface area contributed by atoms with Crippen LogP contribution in [0.1, 0.15) is 26.2 Å². The molecule has 0 saturated carbocycles. The maximum Gasteiger partial charge on any atom is 0.164 e. The Labute approximate surface area is 84.3 Å². The molecular formula is C11H17NO2. The largest absolute Gasteiger partial charge is 0.401 e. The van der Waals surface area contributed by atoms with Crippen molar-refractivity contribution in [1.82, 2.24) is 0 Å². The molecular weight excluding hydrogens is 178 g/mol. The van der Waals surface area contributed by atoms with Gasteiger partial charge in [0.15, 0.2) is 5.78 Å². The average Bonchev–Trinajstić information content (AvgIpc) is 2.14. The second-order valence-electron chi connectivity index (χ2n) is 3.73. The van der Waals surface area contributed by atoms with E-state index in [9.17, 15) is 4.79 Å². The summed E-state index contributed by atoms with van der Waals surface area (Å²) < 4.78 is 0. The number of ketones is 1. The Kier molecular flexibility index (Phi) is 3.89. The number of carbonyl (C=O) groups excluding carboxylic acids is 1. The van der Waals surface area contributed by atoms with Crippen LogP contribution in [0.5, 0.6) is 0 Å². The highest BCUT2D eigenvalue weighted by molar-refractivity contribution is 5.98. The fourth-order valence-electron chi connectivity index (χ4n) is 1.54. The van der Waals surface area contributed by atoms with E-state index in [0.29, 0.717) is 30.0 Å². The van der Waals surface area contributed by atoms with Crippen molar-refractivity contribution in [2.75, 3.05) is 6.61 Å². The average molecular weight is 195 g/mol. The Morgan fingerprint density at radius 1 is 1.71 bits per heavy atom. The fraction of sp³-hybridized carbons (Fsp3) is 0.545. The number of hydrogen-bond donors (Lipinski definition) is 2. The molecule has 3 heteroatoms. The summed E-state index contributed by atoms with van der Waals surface area (Å²) in [4.78, 5) is 11.6. The lowest BCUT2D eigenvalue weighted by Gasteiger charge is -2.15. The topological polar surface area (TPSA) is 63.3 Å². The molecule has 0 aromatic rings. The minimum absolute atomic E-state index is 0.0414. The number of aliphatic hydroxyl groups excluding tert-OH is 1. The number of hydrogen-bond acceptors (Lipinski definition) is 3. The van der Waals surface area contributed by atoms with E-state index in [1.165, 1.54) is 0 Å². The van der Waals surface area contributed by atoms with E-state index < -0.39 is 0 Å². The van der Waals surface area contributed by atoms with E-state index in [1.807, 2.05) is 12.2 Å². The zero-order valence-electron chi connectivity index (χ0n) is 8.49. The third kappa shape index (κ3) is 2.70. The maximum absolute atomic E-state index is 11.6. The SMILES string of the molecule is CC1C=CC(C(=O)CCCO)=C(N)C1. The lowest BCUT2D eigenvalue weighted by molar-refractivity contribution is -0.115. The maximum atomic E-state index is 11.6. The lowest BCUT2D eigenvalue weighted by Crippen LogP contribution is -2.15. The first kappa shape index (κ1) is 11.0. The quantitative estimate of drug-likeness (QED) is 0.707. The highest BCUT2D eigenvalue weighted by atomic mass is 16.3. The first-order valence-electron chi connectivity index (χ1n) is 4.96. The van der Waals surface area contributed by atoms with Crippen molar-refractivity contribution < 1.29 is 9.90 Å². The predicted octanol–water partition coefficient (Wildman–Crippen LogP) is 1.14. The standard InChI is InChI=1S/C11H17NO2/c1-8-4-5-9(10(12)7-8)11(14)3-2-6-13/h4-5,8,13H,2-3,6-7,12H2,1H3. The van der Waals surface area contributed by atoms with Crippen molar-refractivity contribution >= 4 is 5.78 Å². The Hall–Kier alpha value is -1.09. The van der Waals surface area contributed by atoms with Crippen LogP contribution in [0, 0.1) is 5.92 Å². The molecule has 1 atom stereocenters. The molecule has 1 unspecified atom stereocenters. The van der Waals surface area contributed by atoms with Crippen LogP contribution < -0.4 is 5.73 Å². The van der Waals surface area contributed by atoms with Crippen LogP contribution >= 0.6 is 0 Å². The van der Waals surface area contributed by atoms with Crippen LogP contribution in [0.15, 0.2) is 23.4 Å². The molecule has 14 heavy (non-hydrogen) atoms. The van der Waals surface area contributed by atoms with Crippen molar-refractivity contribution in [3.8, 4) is 0 Å². The molecule has 0 radical (unpaired) electrons. The third-order valence-electron chi connectivity index (χ3n) is 2.34. The first-order chi connectivity index (χ1) is 6.65. The number of nitrogens with two attached hydrogens (primary N) is 1. The van der Waals surface area contributed by atoms with Gasteiger partial charge in [-0.3, -0.25) is 4.79 Å². The van der Waals surface area contributed by atoms with Gasteiger partial charge >= 0.3 is 0 Å². The van der Waals surface area contributed by atoms with Gasteiger partial charge in [0.2, 0.25) is 0 Å². The lowest BCUT2D eigenvalue weighted by atomic mass is 9.92. The van der Waals surface area contributed by atoms with Gasteiger partial charge in [-0.25, -0.2) is 0 Å². The fourth-order valence-corrected chi connectivity index (χ4v) is 1.54. The molecule has 0 spiro atoms. The summed E-state index contributed by atoms with van der Waals surface area (Å²) in [5, 5.41) is 8.60. The van der Waals surface area contributed by atoms with Crippen LogP contribution in [0.25, 0.3) is 0 Å². The van der Waals surface area contributed by atoms with Crippen LogP contribution in [0.4, 0.5) is 0 Å². The van der Waals surface area contributed by atoms with Crippen LogP contribution in [0.2, 0.25) is 0 Å². The molecule has 0 fully saturated rings. The highest BCUT2D eigenvalue weighted by Gasteiger charge is 2.15. The Bertz CT molecular complexity index is 279. The molecule has 0 heterocycles. The first-order valence-corrected chi connectivity index (χ1v) is 4.96. The molecule has 0 aliphatic heterocycles. The molecule has 78 valence electrons. The van der Waals surface area contributed by atoms with Gasteiger partial charge in [-0.1, -0.05) is 19.1 Å². The van der Waals surface area contributed by atoms with Gasteiger partial charge in [0.05, 0.1) is 0 Å². The van der Waals surface area contributed by atoms with Gasteiger partial charge in [-0.2, -0.15) is 0 Å². The summed E-state index contributed by atoms with van der Waals surface area (Å²) >= 11 is 0. The summed E-state index contributed by atoms with van der Waals surface area (Å²) in [7, 11) is 0. The monoisotopic (exact) mass is 195 g/mol. The summed E-state index contributed by atoms with van der Waals surface area (Å²) in [5.74, 6) is 0.462. The van der Waals surface area contributed by atoms with E-state index in [1.54, 1.807) is 0 Å². The molecule has 3 nitrogen and oxygen atoms in total.